The van der Waals surface area contributed by atoms with Gasteiger partial charge in [-0.1, -0.05) is 48.5 Å². The molecule has 1 saturated carbocycles. The number of aromatic nitrogens is 1. The third-order valence-corrected chi connectivity index (χ3v) is 5.67. The molecule has 2 amide bonds. The van der Waals surface area contributed by atoms with Gasteiger partial charge in [0.25, 0.3) is 0 Å². The number of hydrogen-bond donors (Lipinski definition) is 1. The van der Waals surface area contributed by atoms with Gasteiger partial charge < -0.3 is 10.2 Å². The fraction of sp³-hybridized carbons (Fsp3) is 0.174. The molecular formula is C23H19N3O2. The smallest absolute Gasteiger partial charge is 0.316 e. The van der Waals surface area contributed by atoms with Crippen molar-refractivity contribution >= 4 is 23.2 Å². The van der Waals surface area contributed by atoms with Gasteiger partial charge in [-0.2, -0.15) is 0 Å². The number of nitrogens with one attached hydrogen (secondary N) is 1. The summed E-state index contributed by atoms with van der Waals surface area (Å²) in [6.07, 6.45) is 5.38. The number of nitrogens with zero attached hydrogens (tertiary/aromatic N) is 2. The van der Waals surface area contributed by atoms with Gasteiger partial charge in [-0.3, -0.25) is 14.6 Å². The molecule has 1 aliphatic carbocycles. The first-order valence-electron chi connectivity index (χ1n) is 9.40. The number of anilines is 2. The van der Waals surface area contributed by atoms with Crippen LogP contribution in [0.25, 0.3) is 11.1 Å². The van der Waals surface area contributed by atoms with Crippen LogP contribution in [0.2, 0.25) is 0 Å². The van der Waals surface area contributed by atoms with Gasteiger partial charge in [0, 0.05) is 29.4 Å². The maximum atomic E-state index is 13.0. The summed E-state index contributed by atoms with van der Waals surface area (Å²) in [4.78, 5) is 31.5. The second kappa shape index (κ2) is 6.30. The first-order valence-corrected chi connectivity index (χ1v) is 9.40. The highest BCUT2D eigenvalue weighted by molar-refractivity contribution is 6.44. The van der Waals surface area contributed by atoms with Crippen molar-refractivity contribution < 1.29 is 9.59 Å². The molecule has 0 bridgehead atoms. The summed E-state index contributed by atoms with van der Waals surface area (Å²) in [7, 11) is 0. The van der Waals surface area contributed by atoms with Crippen molar-refractivity contribution in [1.82, 2.24) is 4.98 Å². The zero-order valence-corrected chi connectivity index (χ0v) is 15.3. The van der Waals surface area contributed by atoms with Crippen LogP contribution in [-0.4, -0.2) is 23.3 Å². The molecule has 1 fully saturated rings. The topological polar surface area (TPSA) is 62.3 Å². The minimum Gasteiger partial charge on any atom is -0.316 e. The van der Waals surface area contributed by atoms with E-state index in [-0.39, 0.29) is 5.41 Å². The van der Waals surface area contributed by atoms with E-state index in [9.17, 15) is 9.59 Å². The molecule has 5 heteroatoms. The molecule has 2 heterocycles. The monoisotopic (exact) mass is 369 g/mol. The number of carbonyl (C=O) groups is 2. The summed E-state index contributed by atoms with van der Waals surface area (Å²) in [5.41, 5.74) is 4.40. The Bertz CT molecular complexity index is 1070. The molecule has 5 nitrogen and oxygen atoms in total. The molecule has 28 heavy (non-hydrogen) atoms. The number of fused-ring (bicyclic) bond motifs is 2. The van der Waals surface area contributed by atoms with Crippen LogP contribution in [0, 0.1) is 0 Å². The van der Waals surface area contributed by atoms with E-state index < -0.39 is 11.8 Å². The van der Waals surface area contributed by atoms with Crippen molar-refractivity contribution in [2.45, 2.75) is 18.3 Å². The largest absolute Gasteiger partial charge is 0.316 e. The standard InChI is InChI=1S/C23H19N3O2/c27-21(25-19-14-24-13-10-17(19)16-6-2-1-3-7-16)22(28)26-15-23(11-12-23)18-8-4-5-9-20(18)26/h1-10,13-14H,11-12,15H2,(H,25,27). The highest BCUT2D eigenvalue weighted by Gasteiger charge is 2.53. The van der Waals surface area contributed by atoms with E-state index in [0.717, 1.165) is 29.7 Å². The molecule has 1 aliphatic heterocycles. The van der Waals surface area contributed by atoms with Crippen molar-refractivity contribution in [3.05, 3.63) is 78.6 Å². The lowest BCUT2D eigenvalue weighted by Gasteiger charge is -2.18. The summed E-state index contributed by atoms with van der Waals surface area (Å²) < 4.78 is 0. The molecule has 1 N–H and O–H groups in total. The van der Waals surface area contributed by atoms with Crippen molar-refractivity contribution in [3.63, 3.8) is 0 Å². The fourth-order valence-electron chi connectivity index (χ4n) is 4.05. The van der Waals surface area contributed by atoms with Crippen LogP contribution >= 0.6 is 0 Å². The van der Waals surface area contributed by atoms with Crippen LogP contribution in [0.15, 0.2) is 73.1 Å². The number of amides is 2. The van der Waals surface area contributed by atoms with Crippen molar-refractivity contribution in [1.29, 1.82) is 0 Å². The first kappa shape index (κ1) is 16.7. The Balaban J connectivity index is 1.41. The maximum absolute atomic E-state index is 13.0. The molecule has 138 valence electrons. The van der Waals surface area contributed by atoms with E-state index in [2.05, 4.69) is 16.4 Å². The van der Waals surface area contributed by atoms with Crippen LogP contribution in [-0.2, 0) is 15.0 Å². The minimum atomic E-state index is -0.641. The lowest BCUT2D eigenvalue weighted by atomic mass is 9.99. The van der Waals surface area contributed by atoms with Crippen LogP contribution in [0.1, 0.15) is 18.4 Å². The van der Waals surface area contributed by atoms with E-state index in [4.69, 9.17) is 0 Å². The van der Waals surface area contributed by atoms with Crippen LogP contribution in [0.5, 0.6) is 0 Å². The lowest BCUT2D eigenvalue weighted by Crippen LogP contribution is -2.40. The fourth-order valence-corrected chi connectivity index (χ4v) is 4.05. The summed E-state index contributed by atoms with van der Waals surface area (Å²) in [6.45, 7) is 0.581. The van der Waals surface area contributed by atoms with E-state index in [1.54, 1.807) is 17.3 Å². The van der Waals surface area contributed by atoms with Gasteiger partial charge in [-0.05, 0) is 36.1 Å². The predicted molar refractivity (Wildman–Crippen MR) is 108 cm³/mol. The Labute approximate surface area is 163 Å². The van der Waals surface area contributed by atoms with Gasteiger partial charge in [0.1, 0.15) is 0 Å². The average molecular weight is 369 g/mol. The first-order chi connectivity index (χ1) is 13.7. The van der Waals surface area contributed by atoms with E-state index in [1.165, 1.54) is 5.56 Å². The third-order valence-electron chi connectivity index (χ3n) is 5.67. The Kier molecular flexibility index (Phi) is 3.76. The molecule has 3 aromatic rings. The van der Waals surface area contributed by atoms with E-state index in [0.29, 0.717) is 12.2 Å². The number of rotatable bonds is 2. The van der Waals surface area contributed by atoms with Crippen LogP contribution < -0.4 is 10.2 Å². The lowest BCUT2D eigenvalue weighted by molar-refractivity contribution is -0.134. The Morgan fingerprint density at radius 2 is 1.71 bits per heavy atom. The molecule has 0 saturated heterocycles. The normalized spacial score (nSPS) is 15.9. The summed E-state index contributed by atoms with van der Waals surface area (Å²) in [5.74, 6) is -1.17. The Hall–Kier alpha value is -3.47. The van der Waals surface area contributed by atoms with Gasteiger partial charge in [-0.15, -0.1) is 0 Å². The van der Waals surface area contributed by atoms with E-state index in [1.807, 2.05) is 54.6 Å². The maximum Gasteiger partial charge on any atom is 0.316 e. The van der Waals surface area contributed by atoms with Crippen molar-refractivity contribution in [2.24, 2.45) is 0 Å². The molecule has 0 unspecified atom stereocenters. The van der Waals surface area contributed by atoms with Gasteiger partial charge in [0.05, 0.1) is 11.9 Å². The molecule has 1 aromatic heterocycles. The van der Waals surface area contributed by atoms with Gasteiger partial charge >= 0.3 is 11.8 Å². The molecule has 0 atom stereocenters. The van der Waals surface area contributed by atoms with Crippen LogP contribution in [0.4, 0.5) is 11.4 Å². The quantitative estimate of drug-likeness (QED) is 0.700. The van der Waals surface area contributed by atoms with Crippen molar-refractivity contribution in [3.8, 4) is 11.1 Å². The van der Waals surface area contributed by atoms with Crippen molar-refractivity contribution in [2.75, 3.05) is 16.8 Å². The molecule has 0 radical (unpaired) electrons. The second-order valence-corrected chi connectivity index (χ2v) is 7.43. The second-order valence-electron chi connectivity index (χ2n) is 7.43. The van der Waals surface area contributed by atoms with Crippen LogP contribution in [0.3, 0.4) is 0 Å². The summed E-state index contributed by atoms with van der Waals surface area (Å²) >= 11 is 0. The Morgan fingerprint density at radius 1 is 0.964 bits per heavy atom. The number of para-hydroxylation sites is 1. The van der Waals surface area contributed by atoms with E-state index >= 15 is 0 Å². The summed E-state index contributed by atoms with van der Waals surface area (Å²) in [5, 5.41) is 2.77. The Morgan fingerprint density at radius 3 is 2.50 bits per heavy atom. The zero-order chi connectivity index (χ0) is 19.1. The number of hydrogen-bond acceptors (Lipinski definition) is 3. The molecule has 2 aliphatic rings. The number of carbonyl (C=O) groups excluding carboxylic acids is 2. The van der Waals surface area contributed by atoms with Gasteiger partial charge in [-0.25, -0.2) is 0 Å². The predicted octanol–water partition coefficient (Wildman–Crippen LogP) is 3.77. The molecule has 1 spiro atoms. The van der Waals surface area contributed by atoms with Gasteiger partial charge in [0.2, 0.25) is 0 Å². The van der Waals surface area contributed by atoms with Gasteiger partial charge in [0.15, 0.2) is 0 Å². The molecular weight excluding hydrogens is 350 g/mol. The highest BCUT2D eigenvalue weighted by Crippen LogP contribution is 2.56. The summed E-state index contributed by atoms with van der Waals surface area (Å²) in [6, 6.07) is 19.5. The zero-order valence-electron chi connectivity index (χ0n) is 15.3. The number of pyridine rings is 1. The SMILES string of the molecule is O=C(Nc1cnccc1-c1ccccc1)C(=O)N1CC2(CC2)c2ccccc21. The average Bonchev–Trinajstić information content (AvgIpc) is 3.45. The molecule has 5 rings (SSSR count). The molecule has 2 aromatic carbocycles. The number of benzene rings is 2. The minimum absolute atomic E-state index is 0.0516. The third kappa shape index (κ3) is 2.67. The highest BCUT2D eigenvalue weighted by atomic mass is 16.2.